The average Bonchev–Trinajstić information content (AvgIpc) is 3.27. The second kappa shape index (κ2) is 13.7. The lowest BCUT2D eigenvalue weighted by Crippen LogP contribution is -2.57. The number of ether oxygens (including phenoxy) is 1. The van der Waals surface area contributed by atoms with E-state index < -0.39 is 24.3 Å². The van der Waals surface area contributed by atoms with Crippen LogP contribution in [-0.4, -0.2) is 88.2 Å². The number of carbonyl (C=O) groups excluding carboxylic acids is 1. The molecule has 0 radical (unpaired) electrons. The van der Waals surface area contributed by atoms with E-state index in [1.807, 2.05) is 12.1 Å². The van der Waals surface area contributed by atoms with Crippen molar-refractivity contribution in [1.82, 2.24) is 15.2 Å². The molecule has 1 amide bonds. The zero-order chi connectivity index (χ0) is 28.5. The topological polar surface area (TPSA) is 129 Å². The number of pyridine rings is 1. The van der Waals surface area contributed by atoms with E-state index in [0.717, 1.165) is 32.4 Å². The standard InChI is InChI=1S/C19H27N3O2.2C2HF3O2/c23-19(21-10-6-14-4-8-20-9-5-14)15-12-18-17(7-11-24-18)22(13-15)16-2-1-3-16;2*3-2(4,5)1(6)7/h4-5,8-9,15-18H,1-3,6-7,10-13H2,(H,21,23);2*(H,6,7)/t15-,17+,18+;;/m0../s1. The second-order valence-corrected chi connectivity index (χ2v) is 8.98. The maximum atomic E-state index is 12.6. The molecule has 0 unspecified atom stereocenters. The number of amides is 1. The zero-order valence-corrected chi connectivity index (χ0v) is 20.2. The van der Waals surface area contributed by atoms with Gasteiger partial charge in [-0.2, -0.15) is 26.3 Å². The monoisotopic (exact) mass is 557 g/mol. The maximum absolute atomic E-state index is 12.6. The fraction of sp³-hybridized carbons (Fsp3) is 0.652. The highest BCUT2D eigenvalue weighted by Gasteiger charge is 2.45. The van der Waals surface area contributed by atoms with E-state index in [1.54, 1.807) is 12.4 Å². The minimum atomic E-state index is -5.08. The predicted octanol–water partition coefficient (Wildman–Crippen LogP) is 3.04. The SMILES string of the molecule is O=C(NCCc1ccncc1)[C@H]1C[C@H]2OCC[C@H]2N(C2CCC2)C1.O=C(O)C(F)(F)F.O=C(O)C(F)(F)F. The molecule has 214 valence electrons. The van der Waals surface area contributed by atoms with Crippen LogP contribution in [0.15, 0.2) is 24.5 Å². The van der Waals surface area contributed by atoms with Crippen molar-refractivity contribution in [1.29, 1.82) is 0 Å². The summed E-state index contributed by atoms with van der Waals surface area (Å²) in [7, 11) is 0. The lowest BCUT2D eigenvalue weighted by molar-refractivity contribution is -0.193. The summed E-state index contributed by atoms with van der Waals surface area (Å²) in [5.41, 5.74) is 1.21. The minimum absolute atomic E-state index is 0.0717. The van der Waals surface area contributed by atoms with Gasteiger partial charge in [-0.25, -0.2) is 9.59 Å². The maximum Gasteiger partial charge on any atom is 0.490 e. The second-order valence-electron chi connectivity index (χ2n) is 8.98. The van der Waals surface area contributed by atoms with Gasteiger partial charge in [0.2, 0.25) is 5.91 Å². The van der Waals surface area contributed by atoms with Crippen LogP contribution in [0.2, 0.25) is 0 Å². The number of aliphatic carboxylic acids is 2. The number of carboxylic acids is 2. The molecule has 2 aliphatic heterocycles. The van der Waals surface area contributed by atoms with Crippen LogP contribution in [0.5, 0.6) is 0 Å². The Labute approximate surface area is 214 Å². The summed E-state index contributed by atoms with van der Waals surface area (Å²) in [6, 6.07) is 5.24. The van der Waals surface area contributed by atoms with Gasteiger partial charge in [-0.05, 0) is 49.8 Å². The van der Waals surface area contributed by atoms with Gasteiger partial charge in [-0.1, -0.05) is 6.42 Å². The summed E-state index contributed by atoms with van der Waals surface area (Å²) in [6.07, 6.45) is 0.484. The van der Waals surface area contributed by atoms with Gasteiger partial charge < -0.3 is 20.3 Å². The summed E-state index contributed by atoms with van der Waals surface area (Å²) >= 11 is 0. The van der Waals surface area contributed by atoms with Crippen molar-refractivity contribution in [3.63, 3.8) is 0 Å². The number of carboxylic acid groups (broad SMARTS) is 2. The number of piperidine rings is 1. The third-order valence-corrected chi connectivity index (χ3v) is 6.41. The molecule has 1 saturated carbocycles. The Kier molecular flexibility index (Phi) is 11.3. The normalized spacial score (nSPS) is 23.5. The van der Waals surface area contributed by atoms with Gasteiger partial charge >= 0.3 is 24.3 Å². The number of hydrogen-bond acceptors (Lipinski definition) is 6. The van der Waals surface area contributed by atoms with E-state index in [4.69, 9.17) is 24.5 Å². The first-order chi connectivity index (χ1) is 17.7. The number of hydrogen-bond donors (Lipinski definition) is 3. The molecule has 3 aliphatic rings. The van der Waals surface area contributed by atoms with Crippen molar-refractivity contribution in [2.45, 2.75) is 69.1 Å². The molecule has 0 aromatic carbocycles. The molecule has 0 bridgehead atoms. The van der Waals surface area contributed by atoms with Crippen LogP contribution < -0.4 is 5.32 Å². The molecule has 3 atom stereocenters. The van der Waals surface area contributed by atoms with Crippen molar-refractivity contribution in [3.8, 4) is 0 Å². The van der Waals surface area contributed by atoms with Gasteiger partial charge in [0.1, 0.15) is 0 Å². The Morgan fingerprint density at radius 1 is 1.00 bits per heavy atom. The molecule has 3 heterocycles. The van der Waals surface area contributed by atoms with Gasteiger partial charge in [0, 0.05) is 44.2 Å². The molecule has 2 saturated heterocycles. The molecule has 0 spiro atoms. The fourth-order valence-electron chi connectivity index (χ4n) is 4.34. The Balaban J connectivity index is 0.000000301. The number of fused-ring (bicyclic) bond motifs is 1. The molecule has 1 aromatic heterocycles. The molecule has 1 aliphatic carbocycles. The molecule has 1 aromatic rings. The highest BCUT2D eigenvalue weighted by molar-refractivity contribution is 5.79. The van der Waals surface area contributed by atoms with Crippen molar-refractivity contribution in [2.75, 3.05) is 19.7 Å². The number of halogens is 6. The first-order valence-corrected chi connectivity index (χ1v) is 11.8. The number of alkyl halides is 6. The van der Waals surface area contributed by atoms with Gasteiger partial charge in [0.25, 0.3) is 0 Å². The van der Waals surface area contributed by atoms with E-state index in [9.17, 15) is 31.1 Å². The van der Waals surface area contributed by atoms with Crippen LogP contribution >= 0.6 is 0 Å². The molecule has 3 fully saturated rings. The Morgan fingerprint density at radius 2 is 1.55 bits per heavy atom. The minimum Gasteiger partial charge on any atom is -0.475 e. The van der Waals surface area contributed by atoms with Crippen LogP contribution in [0.1, 0.15) is 37.7 Å². The van der Waals surface area contributed by atoms with Gasteiger partial charge in [0.05, 0.1) is 12.0 Å². The predicted molar refractivity (Wildman–Crippen MR) is 119 cm³/mol. The Bertz CT molecular complexity index is 902. The Hall–Kier alpha value is -2.94. The van der Waals surface area contributed by atoms with Crippen molar-refractivity contribution in [3.05, 3.63) is 30.1 Å². The van der Waals surface area contributed by atoms with Gasteiger partial charge in [-0.15, -0.1) is 0 Å². The quantitative estimate of drug-likeness (QED) is 0.472. The van der Waals surface area contributed by atoms with E-state index in [1.165, 1.54) is 24.8 Å². The molecular formula is C23H29F6N3O6. The average molecular weight is 557 g/mol. The first kappa shape index (κ1) is 31.3. The number of likely N-dealkylation sites (tertiary alicyclic amines) is 1. The van der Waals surface area contributed by atoms with E-state index in [2.05, 4.69) is 15.2 Å². The van der Waals surface area contributed by atoms with Crippen LogP contribution in [-0.2, 0) is 25.5 Å². The molecule has 4 rings (SSSR count). The summed E-state index contributed by atoms with van der Waals surface area (Å²) < 4.78 is 69.4. The van der Waals surface area contributed by atoms with Crippen molar-refractivity contribution in [2.24, 2.45) is 5.92 Å². The van der Waals surface area contributed by atoms with E-state index >= 15 is 0 Å². The number of carbonyl (C=O) groups is 3. The van der Waals surface area contributed by atoms with Crippen LogP contribution in [0.4, 0.5) is 26.3 Å². The third-order valence-electron chi connectivity index (χ3n) is 6.41. The fourth-order valence-corrected chi connectivity index (χ4v) is 4.34. The molecular weight excluding hydrogens is 528 g/mol. The summed E-state index contributed by atoms with van der Waals surface area (Å²) in [5.74, 6) is -5.25. The number of nitrogens with one attached hydrogen (secondary N) is 1. The highest BCUT2D eigenvalue weighted by Crippen LogP contribution is 2.37. The van der Waals surface area contributed by atoms with Crippen LogP contribution in [0, 0.1) is 5.92 Å². The summed E-state index contributed by atoms with van der Waals surface area (Å²) in [4.78, 5) is 37.1. The van der Waals surface area contributed by atoms with Gasteiger partial charge in [-0.3, -0.25) is 14.7 Å². The number of rotatable bonds is 5. The molecule has 9 nitrogen and oxygen atoms in total. The summed E-state index contributed by atoms with van der Waals surface area (Å²) in [5, 5.41) is 17.4. The lowest BCUT2D eigenvalue weighted by atomic mass is 9.83. The smallest absolute Gasteiger partial charge is 0.475 e. The van der Waals surface area contributed by atoms with Crippen LogP contribution in [0.3, 0.4) is 0 Å². The Morgan fingerprint density at radius 3 is 2.03 bits per heavy atom. The van der Waals surface area contributed by atoms with Crippen LogP contribution in [0.25, 0.3) is 0 Å². The van der Waals surface area contributed by atoms with Crippen molar-refractivity contribution >= 4 is 17.8 Å². The molecule has 38 heavy (non-hydrogen) atoms. The molecule has 3 N–H and O–H groups in total. The first-order valence-electron chi connectivity index (χ1n) is 11.8. The summed E-state index contributed by atoms with van der Waals surface area (Å²) in [6.45, 7) is 2.46. The van der Waals surface area contributed by atoms with E-state index in [-0.39, 0.29) is 17.9 Å². The number of nitrogens with zero attached hydrogens (tertiary/aromatic N) is 2. The zero-order valence-electron chi connectivity index (χ0n) is 20.2. The van der Waals surface area contributed by atoms with Gasteiger partial charge in [0.15, 0.2) is 0 Å². The lowest BCUT2D eigenvalue weighted by Gasteiger charge is -2.47. The van der Waals surface area contributed by atoms with Crippen molar-refractivity contribution < 1.29 is 55.7 Å². The number of aromatic nitrogens is 1. The highest BCUT2D eigenvalue weighted by atomic mass is 19.4. The molecule has 15 heteroatoms. The third kappa shape index (κ3) is 9.74. The van der Waals surface area contributed by atoms with E-state index in [0.29, 0.717) is 18.6 Å². The largest absolute Gasteiger partial charge is 0.490 e.